The van der Waals surface area contributed by atoms with Crippen molar-refractivity contribution in [1.82, 2.24) is 4.90 Å². The van der Waals surface area contributed by atoms with E-state index in [1.807, 2.05) is 26.0 Å². The highest BCUT2D eigenvalue weighted by molar-refractivity contribution is 7.98. The van der Waals surface area contributed by atoms with Crippen LogP contribution in [0.15, 0.2) is 53.4 Å². The van der Waals surface area contributed by atoms with Crippen molar-refractivity contribution < 1.29 is 9.84 Å². The number of ether oxygens (including phenoxy) is 1. The van der Waals surface area contributed by atoms with E-state index in [0.717, 1.165) is 56.9 Å². The van der Waals surface area contributed by atoms with Gasteiger partial charge in [0, 0.05) is 43.8 Å². The van der Waals surface area contributed by atoms with Gasteiger partial charge >= 0.3 is 0 Å². The van der Waals surface area contributed by atoms with E-state index in [4.69, 9.17) is 4.74 Å². The van der Waals surface area contributed by atoms with E-state index in [0.29, 0.717) is 0 Å². The van der Waals surface area contributed by atoms with Gasteiger partial charge in [-0.1, -0.05) is 12.1 Å². The van der Waals surface area contributed by atoms with E-state index < -0.39 is 5.60 Å². The van der Waals surface area contributed by atoms with Gasteiger partial charge in [-0.15, -0.1) is 11.8 Å². The SMILES string of the molecule is CSc1ccc(CN2CCC(O)(CCN(C)c3ccc(OC(C)C)cc3)CC2)cc1. The first-order valence-electron chi connectivity index (χ1n) is 10.9. The van der Waals surface area contributed by atoms with Crippen molar-refractivity contribution in [2.45, 2.75) is 56.3 Å². The minimum atomic E-state index is -0.561. The Labute approximate surface area is 186 Å². The quantitative estimate of drug-likeness (QED) is 0.566. The van der Waals surface area contributed by atoms with Crippen LogP contribution in [-0.2, 0) is 6.54 Å². The highest BCUT2D eigenvalue weighted by atomic mass is 32.2. The van der Waals surface area contributed by atoms with Gasteiger partial charge in [0.15, 0.2) is 0 Å². The molecule has 4 nitrogen and oxygen atoms in total. The number of nitrogens with zero attached hydrogens (tertiary/aromatic N) is 2. The maximum absolute atomic E-state index is 11.1. The zero-order valence-corrected chi connectivity index (χ0v) is 19.6. The third kappa shape index (κ3) is 6.66. The summed E-state index contributed by atoms with van der Waals surface area (Å²) in [6.07, 6.45) is 4.76. The predicted octanol–water partition coefficient (Wildman–Crippen LogP) is 5.05. The fourth-order valence-corrected chi connectivity index (χ4v) is 4.33. The Hall–Kier alpha value is -1.69. The van der Waals surface area contributed by atoms with E-state index in [9.17, 15) is 5.11 Å². The topological polar surface area (TPSA) is 35.9 Å². The number of hydrogen-bond acceptors (Lipinski definition) is 5. The molecule has 3 rings (SSSR count). The van der Waals surface area contributed by atoms with Crippen LogP contribution < -0.4 is 9.64 Å². The number of piperidine rings is 1. The van der Waals surface area contributed by atoms with Crippen molar-refractivity contribution in [2.75, 3.05) is 37.8 Å². The van der Waals surface area contributed by atoms with E-state index in [1.165, 1.54) is 10.5 Å². The Morgan fingerprint density at radius 2 is 1.70 bits per heavy atom. The number of likely N-dealkylation sites (tertiary alicyclic amines) is 1. The molecule has 0 aliphatic carbocycles. The van der Waals surface area contributed by atoms with Gasteiger partial charge in [0.05, 0.1) is 11.7 Å². The summed E-state index contributed by atoms with van der Waals surface area (Å²) in [5.74, 6) is 0.899. The number of hydrogen-bond donors (Lipinski definition) is 1. The average Bonchev–Trinajstić information content (AvgIpc) is 2.75. The summed E-state index contributed by atoms with van der Waals surface area (Å²) < 4.78 is 5.72. The molecule has 1 saturated heterocycles. The molecule has 0 bridgehead atoms. The maximum atomic E-state index is 11.1. The van der Waals surface area contributed by atoms with Crippen LogP contribution in [0.1, 0.15) is 38.7 Å². The minimum Gasteiger partial charge on any atom is -0.491 e. The summed E-state index contributed by atoms with van der Waals surface area (Å²) in [6, 6.07) is 17.0. The van der Waals surface area contributed by atoms with Crippen LogP contribution >= 0.6 is 11.8 Å². The van der Waals surface area contributed by atoms with Crippen LogP contribution in [0.5, 0.6) is 5.75 Å². The maximum Gasteiger partial charge on any atom is 0.119 e. The van der Waals surface area contributed by atoms with Gasteiger partial charge in [0.25, 0.3) is 0 Å². The number of thioether (sulfide) groups is 1. The number of anilines is 1. The first-order chi connectivity index (χ1) is 14.4. The molecule has 0 aromatic heterocycles. The van der Waals surface area contributed by atoms with Crippen molar-refractivity contribution in [3.05, 3.63) is 54.1 Å². The fourth-order valence-electron chi connectivity index (χ4n) is 3.92. The predicted molar refractivity (Wildman–Crippen MR) is 128 cm³/mol. The summed E-state index contributed by atoms with van der Waals surface area (Å²) in [6.45, 7) is 7.78. The minimum absolute atomic E-state index is 0.184. The molecule has 0 atom stereocenters. The number of aliphatic hydroxyl groups is 1. The van der Waals surface area contributed by atoms with Gasteiger partial charge in [0.1, 0.15) is 5.75 Å². The fraction of sp³-hybridized carbons (Fsp3) is 0.520. The molecule has 1 heterocycles. The highest BCUT2D eigenvalue weighted by Crippen LogP contribution is 2.28. The van der Waals surface area contributed by atoms with Crippen LogP contribution in [0.25, 0.3) is 0 Å². The lowest BCUT2D eigenvalue weighted by Gasteiger charge is -2.39. The smallest absolute Gasteiger partial charge is 0.119 e. The van der Waals surface area contributed by atoms with E-state index in [-0.39, 0.29) is 6.10 Å². The van der Waals surface area contributed by atoms with Crippen LogP contribution in [0.4, 0.5) is 5.69 Å². The van der Waals surface area contributed by atoms with Gasteiger partial charge in [-0.25, -0.2) is 0 Å². The molecular weight excluding hydrogens is 392 g/mol. The summed E-state index contributed by atoms with van der Waals surface area (Å²) in [4.78, 5) is 5.98. The van der Waals surface area contributed by atoms with Crippen molar-refractivity contribution in [3.63, 3.8) is 0 Å². The molecule has 0 radical (unpaired) electrons. The van der Waals surface area contributed by atoms with Gasteiger partial charge < -0.3 is 14.7 Å². The van der Waals surface area contributed by atoms with Crippen molar-refractivity contribution in [1.29, 1.82) is 0 Å². The molecule has 0 unspecified atom stereocenters. The van der Waals surface area contributed by atoms with Crippen LogP contribution in [0.3, 0.4) is 0 Å². The lowest BCUT2D eigenvalue weighted by Crippen LogP contribution is -2.45. The largest absolute Gasteiger partial charge is 0.491 e. The van der Waals surface area contributed by atoms with Gasteiger partial charge in [-0.05, 0) is 81.3 Å². The van der Waals surface area contributed by atoms with Crippen LogP contribution in [0.2, 0.25) is 0 Å². The molecule has 0 spiro atoms. The Morgan fingerprint density at radius 1 is 1.07 bits per heavy atom. The summed E-state index contributed by atoms with van der Waals surface area (Å²) >= 11 is 1.78. The second-order valence-corrected chi connectivity index (χ2v) is 9.56. The van der Waals surface area contributed by atoms with E-state index in [2.05, 4.69) is 59.5 Å². The molecule has 30 heavy (non-hydrogen) atoms. The second kappa shape index (κ2) is 10.6. The molecule has 164 valence electrons. The normalized spacial score (nSPS) is 16.6. The van der Waals surface area contributed by atoms with Crippen LogP contribution in [0, 0.1) is 0 Å². The molecular formula is C25H36N2O2S. The highest BCUT2D eigenvalue weighted by Gasteiger charge is 2.32. The third-order valence-corrected chi connectivity index (χ3v) is 6.66. The number of rotatable bonds is 9. The summed E-state index contributed by atoms with van der Waals surface area (Å²) in [5, 5.41) is 11.1. The standard InChI is InChI=1S/C25H36N2O2S/c1-20(2)29-23-9-7-22(8-10-23)26(3)16-13-25(28)14-17-27(18-15-25)19-21-5-11-24(30-4)12-6-21/h5-12,20,28H,13-19H2,1-4H3. The first-order valence-corrected chi connectivity index (χ1v) is 12.1. The Kier molecular flexibility index (Phi) is 8.09. The van der Waals surface area contributed by atoms with Gasteiger partial charge in [-0.3, -0.25) is 4.90 Å². The first kappa shape index (κ1) is 23.0. The molecule has 0 saturated carbocycles. The molecule has 1 aliphatic rings. The zero-order chi connectivity index (χ0) is 21.6. The van der Waals surface area contributed by atoms with E-state index >= 15 is 0 Å². The molecule has 1 aliphatic heterocycles. The third-order valence-electron chi connectivity index (χ3n) is 5.91. The molecule has 2 aromatic carbocycles. The average molecular weight is 429 g/mol. The molecule has 2 aromatic rings. The number of benzene rings is 2. The second-order valence-electron chi connectivity index (χ2n) is 8.68. The van der Waals surface area contributed by atoms with Crippen molar-refractivity contribution in [2.24, 2.45) is 0 Å². The lowest BCUT2D eigenvalue weighted by atomic mass is 9.88. The Bertz CT molecular complexity index is 769. The van der Waals surface area contributed by atoms with Crippen molar-refractivity contribution in [3.8, 4) is 5.75 Å². The lowest BCUT2D eigenvalue weighted by molar-refractivity contribution is -0.0275. The van der Waals surface area contributed by atoms with Crippen molar-refractivity contribution >= 4 is 17.4 Å². The summed E-state index contributed by atoms with van der Waals surface area (Å²) in [5.41, 5.74) is 1.94. The van der Waals surface area contributed by atoms with Gasteiger partial charge in [0.2, 0.25) is 0 Å². The molecule has 1 fully saturated rings. The monoisotopic (exact) mass is 428 g/mol. The zero-order valence-electron chi connectivity index (χ0n) is 18.8. The summed E-state index contributed by atoms with van der Waals surface area (Å²) in [7, 11) is 2.09. The van der Waals surface area contributed by atoms with E-state index in [1.54, 1.807) is 11.8 Å². The van der Waals surface area contributed by atoms with Gasteiger partial charge in [-0.2, -0.15) is 0 Å². The molecule has 5 heteroatoms. The molecule has 1 N–H and O–H groups in total. The Balaban J connectivity index is 1.44. The van der Waals surface area contributed by atoms with Crippen LogP contribution in [-0.4, -0.2) is 54.6 Å². The Morgan fingerprint density at radius 3 is 2.27 bits per heavy atom. The molecule has 0 amide bonds.